The first-order chi connectivity index (χ1) is 5.83. The van der Waals surface area contributed by atoms with Crippen molar-refractivity contribution in [3.8, 4) is 0 Å². The Balaban J connectivity index is 3.13. The SMILES string of the molecule is C=Nc1c(C=NC)ncn1CC. The second-order valence-electron chi connectivity index (χ2n) is 2.28. The van der Waals surface area contributed by atoms with Crippen LogP contribution in [-0.4, -0.2) is 29.5 Å². The van der Waals surface area contributed by atoms with E-state index < -0.39 is 0 Å². The number of imidazole rings is 1. The quantitative estimate of drug-likeness (QED) is 0.620. The van der Waals surface area contributed by atoms with Crippen LogP contribution in [0.15, 0.2) is 16.3 Å². The van der Waals surface area contributed by atoms with Gasteiger partial charge in [0, 0.05) is 13.6 Å². The fourth-order valence-electron chi connectivity index (χ4n) is 1.01. The predicted octanol–water partition coefficient (Wildman–Crippen LogP) is 1.28. The summed E-state index contributed by atoms with van der Waals surface area (Å²) in [7, 11) is 1.71. The first-order valence-corrected chi connectivity index (χ1v) is 3.77. The maximum Gasteiger partial charge on any atom is 0.160 e. The summed E-state index contributed by atoms with van der Waals surface area (Å²) in [6.45, 7) is 6.36. The Labute approximate surface area is 71.7 Å². The zero-order valence-corrected chi connectivity index (χ0v) is 7.36. The molecule has 12 heavy (non-hydrogen) atoms. The van der Waals surface area contributed by atoms with Gasteiger partial charge in [-0.15, -0.1) is 0 Å². The van der Waals surface area contributed by atoms with E-state index in [2.05, 4.69) is 21.7 Å². The zero-order chi connectivity index (χ0) is 8.97. The highest BCUT2D eigenvalue weighted by Crippen LogP contribution is 2.14. The van der Waals surface area contributed by atoms with Crippen LogP contribution >= 0.6 is 0 Å². The van der Waals surface area contributed by atoms with E-state index in [0.717, 1.165) is 18.1 Å². The molecule has 0 fully saturated rings. The van der Waals surface area contributed by atoms with Crippen LogP contribution in [0.3, 0.4) is 0 Å². The number of rotatable bonds is 3. The lowest BCUT2D eigenvalue weighted by molar-refractivity contribution is 0.765. The van der Waals surface area contributed by atoms with E-state index in [1.54, 1.807) is 19.6 Å². The molecule has 0 saturated heterocycles. The van der Waals surface area contributed by atoms with Gasteiger partial charge in [-0.25, -0.2) is 9.98 Å². The van der Waals surface area contributed by atoms with Crippen LogP contribution in [-0.2, 0) is 6.54 Å². The number of aromatic nitrogens is 2. The van der Waals surface area contributed by atoms with Gasteiger partial charge in [0.05, 0.1) is 12.5 Å². The van der Waals surface area contributed by atoms with Gasteiger partial charge in [0.25, 0.3) is 0 Å². The molecular weight excluding hydrogens is 152 g/mol. The average molecular weight is 164 g/mol. The predicted molar refractivity (Wildman–Crippen MR) is 50.6 cm³/mol. The van der Waals surface area contributed by atoms with Crippen molar-refractivity contribution in [1.82, 2.24) is 9.55 Å². The molecular formula is C8H12N4. The molecule has 0 aromatic carbocycles. The molecule has 4 nitrogen and oxygen atoms in total. The van der Waals surface area contributed by atoms with E-state index in [9.17, 15) is 0 Å². The highest BCUT2D eigenvalue weighted by Gasteiger charge is 2.04. The topological polar surface area (TPSA) is 42.5 Å². The molecule has 1 aromatic heterocycles. The number of nitrogens with zero attached hydrogens (tertiary/aromatic N) is 4. The van der Waals surface area contributed by atoms with Crippen LogP contribution < -0.4 is 0 Å². The fourth-order valence-corrected chi connectivity index (χ4v) is 1.01. The van der Waals surface area contributed by atoms with Crippen molar-refractivity contribution in [3.05, 3.63) is 12.0 Å². The van der Waals surface area contributed by atoms with E-state index >= 15 is 0 Å². The molecule has 0 N–H and O–H groups in total. The molecule has 0 spiro atoms. The molecule has 0 amide bonds. The molecule has 0 aliphatic rings. The van der Waals surface area contributed by atoms with Gasteiger partial charge < -0.3 is 4.57 Å². The van der Waals surface area contributed by atoms with Crippen molar-refractivity contribution in [2.45, 2.75) is 13.5 Å². The Kier molecular flexibility index (Phi) is 2.74. The lowest BCUT2D eigenvalue weighted by Crippen LogP contribution is -1.90. The van der Waals surface area contributed by atoms with Crippen LogP contribution in [0.1, 0.15) is 12.6 Å². The van der Waals surface area contributed by atoms with Gasteiger partial charge in [0.2, 0.25) is 0 Å². The summed E-state index contributed by atoms with van der Waals surface area (Å²) in [5, 5.41) is 0. The monoisotopic (exact) mass is 164 g/mol. The molecule has 0 atom stereocenters. The largest absolute Gasteiger partial charge is 0.316 e. The molecule has 1 aromatic rings. The van der Waals surface area contributed by atoms with Crippen molar-refractivity contribution in [3.63, 3.8) is 0 Å². The summed E-state index contributed by atoms with van der Waals surface area (Å²) in [6.07, 6.45) is 3.41. The van der Waals surface area contributed by atoms with E-state index in [4.69, 9.17) is 0 Å². The molecule has 1 heterocycles. The number of hydrogen-bond donors (Lipinski definition) is 0. The van der Waals surface area contributed by atoms with Crippen molar-refractivity contribution >= 4 is 18.7 Å². The first kappa shape index (κ1) is 8.64. The summed E-state index contributed by atoms with van der Waals surface area (Å²) in [5.41, 5.74) is 0.773. The van der Waals surface area contributed by atoms with E-state index in [1.165, 1.54) is 0 Å². The minimum Gasteiger partial charge on any atom is -0.316 e. The van der Waals surface area contributed by atoms with Gasteiger partial charge >= 0.3 is 0 Å². The van der Waals surface area contributed by atoms with Crippen molar-refractivity contribution < 1.29 is 0 Å². The fraction of sp³-hybridized carbons (Fsp3) is 0.375. The summed E-state index contributed by atoms with van der Waals surface area (Å²) in [4.78, 5) is 11.9. The maximum atomic E-state index is 4.13. The van der Waals surface area contributed by atoms with E-state index in [0.29, 0.717) is 0 Å². The molecule has 4 heteroatoms. The maximum absolute atomic E-state index is 4.13. The van der Waals surface area contributed by atoms with Crippen LogP contribution in [0, 0.1) is 0 Å². The minimum absolute atomic E-state index is 0.773. The summed E-state index contributed by atoms with van der Waals surface area (Å²) in [6, 6.07) is 0. The van der Waals surface area contributed by atoms with Crippen molar-refractivity contribution in [2.24, 2.45) is 9.98 Å². The van der Waals surface area contributed by atoms with E-state index in [-0.39, 0.29) is 0 Å². The van der Waals surface area contributed by atoms with Gasteiger partial charge in [-0.2, -0.15) is 0 Å². The van der Waals surface area contributed by atoms with Crippen LogP contribution in [0.5, 0.6) is 0 Å². The normalized spacial score (nSPS) is 10.8. The van der Waals surface area contributed by atoms with Crippen molar-refractivity contribution in [1.29, 1.82) is 0 Å². The molecule has 0 bridgehead atoms. The van der Waals surface area contributed by atoms with Crippen LogP contribution in [0.25, 0.3) is 0 Å². The Bertz CT molecular complexity index is 298. The second-order valence-corrected chi connectivity index (χ2v) is 2.28. The third kappa shape index (κ3) is 1.42. The number of aliphatic imine (C=N–C) groups is 2. The summed E-state index contributed by atoms with van der Waals surface area (Å²) < 4.78 is 1.92. The first-order valence-electron chi connectivity index (χ1n) is 3.77. The summed E-state index contributed by atoms with van der Waals surface area (Å²) >= 11 is 0. The smallest absolute Gasteiger partial charge is 0.160 e. The third-order valence-electron chi connectivity index (χ3n) is 1.58. The lowest BCUT2D eigenvalue weighted by Gasteiger charge is -1.97. The average Bonchev–Trinajstić information content (AvgIpc) is 2.47. The van der Waals surface area contributed by atoms with Crippen molar-refractivity contribution in [2.75, 3.05) is 7.05 Å². The molecule has 0 saturated carbocycles. The molecule has 0 aliphatic carbocycles. The Morgan fingerprint density at radius 3 is 3.00 bits per heavy atom. The lowest BCUT2D eigenvalue weighted by atomic mass is 10.4. The van der Waals surface area contributed by atoms with Crippen LogP contribution in [0.2, 0.25) is 0 Å². The van der Waals surface area contributed by atoms with Gasteiger partial charge in [-0.1, -0.05) is 0 Å². The Hall–Kier alpha value is -1.45. The number of hydrogen-bond acceptors (Lipinski definition) is 3. The second kappa shape index (κ2) is 3.80. The Morgan fingerprint density at radius 1 is 1.75 bits per heavy atom. The Morgan fingerprint density at radius 2 is 2.50 bits per heavy atom. The summed E-state index contributed by atoms with van der Waals surface area (Å²) in [5.74, 6) is 0.781. The zero-order valence-electron chi connectivity index (χ0n) is 7.36. The van der Waals surface area contributed by atoms with Gasteiger partial charge in [-0.05, 0) is 13.6 Å². The molecule has 1 rings (SSSR count). The van der Waals surface area contributed by atoms with Gasteiger partial charge in [0.1, 0.15) is 5.69 Å². The third-order valence-corrected chi connectivity index (χ3v) is 1.58. The molecule has 64 valence electrons. The molecule has 0 radical (unpaired) electrons. The van der Waals surface area contributed by atoms with Gasteiger partial charge in [0.15, 0.2) is 5.82 Å². The number of aryl methyl sites for hydroxylation is 1. The minimum atomic E-state index is 0.773. The van der Waals surface area contributed by atoms with Gasteiger partial charge in [-0.3, -0.25) is 4.99 Å². The van der Waals surface area contributed by atoms with Crippen LogP contribution in [0.4, 0.5) is 5.82 Å². The molecule has 0 unspecified atom stereocenters. The molecule has 0 aliphatic heterocycles. The highest BCUT2D eigenvalue weighted by molar-refractivity contribution is 5.83. The standard InChI is InChI=1S/C8H12N4/c1-4-12-6-11-7(5-9-2)8(12)10-3/h5-6H,3-4H2,1-2H3. The highest BCUT2D eigenvalue weighted by atomic mass is 15.1. The van der Waals surface area contributed by atoms with E-state index in [1.807, 2.05) is 11.5 Å².